The summed E-state index contributed by atoms with van der Waals surface area (Å²) in [4.78, 5) is 87.6. The average Bonchev–Trinajstić information content (AvgIpc) is 3.40. The highest BCUT2D eigenvalue weighted by Crippen LogP contribution is 2.50. The molecule has 0 aliphatic carbocycles. The van der Waals surface area contributed by atoms with E-state index in [1.54, 1.807) is 35.8 Å². The van der Waals surface area contributed by atoms with Crippen LogP contribution >= 0.6 is 58.2 Å². The van der Waals surface area contributed by atoms with Crippen molar-refractivity contribution < 1.29 is 39.0 Å². The van der Waals surface area contributed by atoms with Gasteiger partial charge in [0.25, 0.3) is 0 Å². The van der Waals surface area contributed by atoms with Crippen LogP contribution < -0.4 is 9.80 Å². The van der Waals surface area contributed by atoms with E-state index in [0.717, 1.165) is 22.5 Å². The summed E-state index contributed by atoms with van der Waals surface area (Å²) in [6, 6.07) is 19.5. The lowest BCUT2D eigenvalue weighted by Gasteiger charge is -2.37. The number of piperidine rings is 2. The van der Waals surface area contributed by atoms with Crippen LogP contribution in [-0.2, 0) is 28.8 Å². The third kappa shape index (κ3) is 12.1. The smallest absolute Gasteiger partial charge is 0.306 e. The first kappa shape index (κ1) is 53.6. The summed E-state index contributed by atoms with van der Waals surface area (Å²) in [7, 11) is 0. The van der Waals surface area contributed by atoms with E-state index in [9.17, 15) is 39.0 Å². The number of halogens is 4. The first-order chi connectivity index (χ1) is 35.0. The fourth-order valence-electron chi connectivity index (χ4n) is 9.96. The molecule has 4 aromatic carbocycles. The highest BCUT2D eigenvalue weighted by molar-refractivity contribution is 7.99. The number of rotatable bonds is 12. The molecular formula is C54H56Cl4N6O8S. The Kier molecular flexibility index (Phi) is 17.4. The summed E-state index contributed by atoms with van der Waals surface area (Å²) in [5, 5.41) is 19.8. The Labute approximate surface area is 449 Å². The molecule has 2 N–H and O–H groups in total. The average molecular weight is 1090 g/mol. The quantitative estimate of drug-likeness (QED) is 0.130. The van der Waals surface area contributed by atoms with Gasteiger partial charge in [-0.05, 0) is 73.2 Å². The molecule has 0 atom stereocenters. The molecular weight excluding hydrogens is 1030 g/mol. The predicted octanol–water partition coefficient (Wildman–Crippen LogP) is 9.80. The van der Waals surface area contributed by atoms with Crippen molar-refractivity contribution >= 4 is 117 Å². The van der Waals surface area contributed by atoms with Crippen LogP contribution in [0.3, 0.4) is 0 Å². The highest BCUT2D eigenvalue weighted by Gasteiger charge is 2.30. The van der Waals surface area contributed by atoms with E-state index >= 15 is 0 Å². The maximum Gasteiger partial charge on any atom is 0.306 e. The number of hydrogen-bond donors (Lipinski definition) is 2. The Balaban J connectivity index is 1.22. The maximum atomic E-state index is 13.7. The molecule has 4 aliphatic heterocycles. The second-order valence-electron chi connectivity index (χ2n) is 18.6. The van der Waals surface area contributed by atoms with Gasteiger partial charge in [-0.1, -0.05) is 94.6 Å². The lowest BCUT2D eigenvalue weighted by Crippen LogP contribution is -2.48. The lowest BCUT2D eigenvalue weighted by molar-refractivity contribution is -0.145. The van der Waals surface area contributed by atoms with E-state index in [4.69, 9.17) is 46.4 Å². The number of hydrogen-bond acceptors (Lipinski definition) is 9. The minimum atomic E-state index is -0.870. The number of nitrogens with zero attached hydrogens (tertiary/aromatic N) is 6. The molecule has 0 saturated carbocycles. The van der Waals surface area contributed by atoms with Crippen LogP contribution in [0.5, 0.6) is 0 Å². The van der Waals surface area contributed by atoms with E-state index in [0.29, 0.717) is 136 Å². The number of likely N-dealkylation sites (tertiary alicyclic amines) is 2. The molecule has 73 heavy (non-hydrogen) atoms. The number of para-hydroxylation sites is 2. The molecule has 0 radical (unpaired) electrons. The van der Waals surface area contributed by atoms with Crippen molar-refractivity contribution in [3.63, 3.8) is 0 Å². The van der Waals surface area contributed by atoms with Gasteiger partial charge in [0.1, 0.15) is 0 Å². The van der Waals surface area contributed by atoms with Crippen molar-refractivity contribution in [2.24, 2.45) is 11.8 Å². The van der Waals surface area contributed by atoms with Crippen LogP contribution in [0.15, 0.2) is 82.6 Å². The number of piperazine rings is 2. The Morgan fingerprint density at radius 2 is 0.822 bits per heavy atom. The van der Waals surface area contributed by atoms with Crippen LogP contribution in [0.4, 0.5) is 11.4 Å². The normalized spacial score (nSPS) is 17.2. The van der Waals surface area contributed by atoms with Crippen molar-refractivity contribution in [3.05, 3.63) is 104 Å². The molecule has 19 heteroatoms. The zero-order valence-corrected chi connectivity index (χ0v) is 44.3. The van der Waals surface area contributed by atoms with Crippen molar-refractivity contribution in [1.82, 2.24) is 19.6 Å². The standard InChI is InChI=1S/C54H56Cl4N6O8S/c1-33(65)59-23-27-61(28-24-59)43-9-5-3-7-37(43)41-31-45(51(57)49(55)39(41)11-13-47(67)63-19-15-35(16-20-63)53(69)70)73-46-32-42(38-8-4-6-10-44(38)62-29-25-60(26-30-62)34(2)66)40(50(56)52(46)58)12-14-48(68)64-21-17-36(18-22-64)54(71)72/h3-14,31-32,35-36H,15-30H2,1-2H3,(H,69,70)(H,71,72)/b13-11+,14-12+. The van der Waals surface area contributed by atoms with E-state index in [2.05, 4.69) is 9.80 Å². The molecule has 0 aromatic heterocycles. The molecule has 4 saturated heterocycles. The number of carbonyl (C=O) groups excluding carboxylic acids is 4. The van der Waals surface area contributed by atoms with Crippen LogP contribution in [0.2, 0.25) is 20.1 Å². The van der Waals surface area contributed by atoms with Gasteiger partial charge >= 0.3 is 11.9 Å². The van der Waals surface area contributed by atoms with Crippen molar-refractivity contribution in [3.8, 4) is 22.3 Å². The highest BCUT2D eigenvalue weighted by atomic mass is 35.5. The second-order valence-corrected chi connectivity index (χ2v) is 21.2. The number of aliphatic carboxylic acids is 2. The number of carboxylic acids is 2. The number of carboxylic acid groups (broad SMARTS) is 2. The summed E-state index contributed by atoms with van der Waals surface area (Å²) in [6.45, 7) is 8.81. The largest absolute Gasteiger partial charge is 0.481 e. The maximum absolute atomic E-state index is 13.7. The van der Waals surface area contributed by atoms with Gasteiger partial charge in [-0.3, -0.25) is 28.8 Å². The van der Waals surface area contributed by atoms with E-state index in [1.165, 1.54) is 23.9 Å². The zero-order valence-electron chi connectivity index (χ0n) is 40.5. The van der Waals surface area contributed by atoms with Gasteiger partial charge in [-0.15, -0.1) is 0 Å². The van der Waals surface area contributed by atoms with Crippen molar-refractivity contribution in [2.45, 2.75) is 49.3 Å². The number of anilines is 2. The number of amides is 4. The van der Waals surface area contributed by atoms with Gasteiger partial charge in [0.05, 0.1) is 31.9 Å². The summed E-state index contributed by atoms with van der Waals surface area (Å²) < 4.78 is 0. The fourth-order valence-corrected chi connectivity index (χ4v) is 12.1. The summed E-state index contributed by atoms with van der Waals surface area (Å²) in [5.74, 6) is -3.31. The molecule has 4 amide bonds. The predicted molar refractivity (Wildman–Crippen MR) is 289 cm³/mol. The number of carbonyl (C=O) groups is 6. The Hall–Kier alpha value is -5.71. The molecule has 4 aromatic rings. The van der Waals surface area contributed by atoms with E-state index in [-0.39, 0.29) is 43.7 Å². The Morgan fingerprint density at radius 3 is 1.15 bits per heavy atom. The van der Waals surface area contributed by atoms with Crippen LogP contribution in [0.1, 0.15) is 50.7 Å². The third-order valence-electron chi connectivity index (χ3n) is 14.3. The summed E-state index contributed by atoms with van der Waals surface area (Å²) >= 11 is 30.5. The molecule has 14 nitrogen and oxygen atoms in total. The summed E-state index contributed by atoms with van der Waals surface area (Å²) in [5.41, 5.74) is 5.68. The molecule has 384 valence electrons. The summed E-state index contributed by atoms with van der Waals surface area (Å²) in [6.07, 6.45) is 7.60. The minimum Gasteiger partial charge on any atom is -0.481 e. The molecule has 4 aliphatic rings. The van der Waals surface area contributed by atoms with Gasteiger partial charge in [-0.2, -0.15) is 0 Å². The molecule has 0 spiro atoms. The molecule has 4 fully saturated rings. The van der Waals surface area contributed by atoms with Gasteiger partial charge < -0.3 is 39.6 Å². The fraction of sp³-hybridized carbons (Fsp3) is 0.370. The zero-order chi connectivity index (χ0) is 52.1. The van der Waals surface area contributed by atoms with Crippen LogP contribution in [0.25, 0.3) is 34.4 Å². The topological polar surface area (TPSA) is 162 Å². The minimum absolute atomic E-state index is 0.00788. The van der Waals surface area contributed by atoms with E-state index < -0.39 is 23.8 Å². The molecule has 4 heterocycles. The molecule has 0 unspecified atom stereocenters. The van der Waals surface area contributed by atoms with Gasteiger partial charge in [-0.25, -0.2) is 0 Å². The van der Waals surface area contributed by atoms with Gasteiger partial charge in [0.15, 0.2) is 0 Å². The molecule has 8 rings (SSSR count). The first-order valence-corrected chi connectivity index (χ1v) is 26.6. The van der Waals surface area contributed by atoms with Gasteiger partial charge in [0, 0.05) is 148 Å². The van der Waals surface area contributed by atoms with Crippen molar-refractivity contribution in [1.29, 1.82) is 0 Å². The van der Waals surface area contributed by atoms with Crippen molar-refractivity contribution in [2.75, 3.05) is 88.3 Å². The van der Waals surface area contributed by atoms with Crippen LogP contribution in [0, 0.1) is 11.8 Å². The first-order valence-electron chi connectivity index (χ1n) is 24.3. The van der Waals surface area contributed by atoms with Gasteiger partial charge in [0.2, 0.25) is 23.6 Å². The SMILES string of the molecule is CC(=O)N1CCN(c2ccccc2-c2cc(Sc3cc(-c4ccccc4N4CCN(C(C)=O)CC4)c(/C=C/C(=O)N4CCC(C(=O)O)CC4)c(Cl)c3Cl)c(Cl)c(Cl)c2/C=C/C(=O)N2CCC(C(=O)O)CC2)CC1. The lowest BCUT2D eigenvalue weighted by atomic mass is 9.96. The number of benzene rings is 4. The van der Waals surface area contributed by atoms with Crippen LogP contribution in [-0.4, -0.2) is 144 Å². The second kappa shape index (κ2) is 23.7. The molecule has 0 bridgehead atoms. The van der Waals surface area contributed by atoms with E-state index in [1.807, 2.05) is 70.5 Å². The Bertz CT molecular complexity index is 2680. The third-order valence-corrected chi connectivity index (χ3v) is 17.3. The monoisotopic (exact) mass is 1090 g/mol. The Morgan fingerprint density at radius 1 is 0.479 bits per heavy atom.